The van der Waals surface area contributed by atoms with Crippen molar-refractivity contribution in [2.45, 2.75) is 51.0 Å². The van der Waals surface area contributed by atoms with Crippen molar-refractivity contribution in [3.63, 3.8) is 0 Å². The van der Waals surface area contributed by atoms with Crippen LogP contribution >= 0.6 is 0 Å². The monoisotopic (exact) mass is 554 g/mol. The Balaban J connectivity index is 1.24. The molecule has 5 nitrogen and oxygen atoms in total. The number of amides is 2. The fourth-order valence-electron chi connectivity index (χ4n) is 5.60. The van der Waals surface area contributed by atoms with Gasteiger partial charge in [0.05, 0.1) is 5.56 Å². The average molecular weight is 555 g/mol. The van der Waals surface area contributed by atoms with Crippen molar-refractivity contribution in [2.24, 2.45) is 0 Å². The molecule has 9 heteroatoms. The second-order valence-electron chi connectivity index (χ2n) is 10.6. The molecule has 0 atom stereocenters. The zero-order valence-electron chi connectivity index (χ0n) is 22.3. The summed E-state index contributed by atoms with van der Waals surface area (Å²) in [7, 11) is 0. The lowest BCUT2D eigenvalue weighted by Crippen LogP contribution is -2.48. The van der Waals surface area contributed by atoms with E-state index in [0.29, 0.717) is 12.6 Å². The number of benzene rings is 3. The standard InChI is InChI=1S/C31H34F4N4O/c32-26-18-25(31(33,34)35)19-27(20-26)36-30(40)39(22-23-6-2-1-3-7-23)29-12-16-37(17-13-29)21-24-8-10-28(11-9-24)38-14-4-5-15-38/h1-3,6-11,18-20,29H,4-5,12-17,21-22H2,(H,36,40). The van der Waals surface area contributed by atoms with E-state index in [1.165, 1.54) is 24.1 Å². The van der Waals surface area contributed by atoms with E-state index in [4.69, 9.17) is 0 Å². The first kappa shape index (κ1) is 28.0. The molecule has 5 rings (SSSR count). The third-order valence-corrected chi connectivity index (χ3v) is 7.74. The van der Waals surface area contributed by atoms with Crippen LogP contribution in [-0.4, -0.2) is 48.1 Å². The van der Waals surface area contributed by atoms with Crippen LogP contribution in [0.2, 0.25) is 0 Å². The zero-order chi connectivity index (χ0) is 28.1. The van der Waals surface area contributed by atoms with Crippen LogP contribution < -0.4 is 10.2 Å². The molecule has 0 radical (unpaired) electrons. The minimum Gasteiger partial charge on any atom is -0.372 e. The number of alkyl halides is 3. The van der Waals surface area contributed by atoms with Crippen molar-refractivity contribution in [2.75, 3.05) is 36.4 Å². The summed E-state index contributed by atoms with van der Waals surface area (Å²) in [5.41, 5.74) is 2.06. The van der Waals surface area contributed by atoms with Crippen LogP contribution in [0.5, 0.6) is 0 Å². The van der Waals surface area contributed by atoms with Gasteiger partial charge in [-0.05, 0) is 67.1 Å². The number of rotatable bonds is 7. The third-order valence-electron chi connectivity index (χ3n) is 7.74. The Morgan fingerprint density at radius 1 is 0.875 bits per heavy atom. The van der Waals surface area contributed by atoms with Gasteiger partial charge in [-0.2, -0.15) is 13.2 Å². The van der Waals surface area contributed by atoms with Gasteiger partial charge in [0, 0.05) is 56.7 Å². The summed E-state index contributed by atoms with van der Waals surface area (Å²) < 4.78 is 53.6. The summed E-state index contributed by atoms with van der Waals surface area (Å²) in [4.78, 5) is 19.8. The first-order valence-electron chi connectivity index (χ1n) is 13.8. The number of nitrogens with one attached hydrogen (secondary N) is 1. The van der Waals surface area contributed by atoms with Crippen LogP contribution in [0.25, 0.3) is 0 Å². The highest BCUT2D eigenvalue weighted by atomic mass is 19.4. The summed E-state index contributed by atoms with van der Waals surface area (Å²) in [6.45, 7) is 4.92. The molecule has 2 saturated heterocycles. The molecule has 0 spiro atoms. The van der Waals surface area contributed by atoms with Gasteiger partial charge in [-0.3, -0.25) is 4.90 Å². The molecular weight excluding hydrogens is 520 g/mol. The Morgan fingerprint density at radius 2 is 1.55 bits per heavy atom. The van der Waals surface area contributed by atoms with Crippen molar-refractivity contribution >= 4 is 17.4 Å². The number of likely N-dealkylation sites (tertiary alicyclic amines) is 1. The molecule has 2 aliphatic heterocycles. The molecule has 0 unspecified atom stereocenters. The number of nitrogens with zero attached hydrogens (tertiary/aromatic N) is 3. The van der Waals surface area contributed by atoms with Gasteiger partial charge < -0.3 is 15.1 Å². The molecule has 2 heterocycles. The van der Waals surface area contributed by atoms with Crippen molar-refractivity contribution in [3.05, 3.63) is 95.3 Å². The van der Waals surface area contributed by atoms with Gasteiger partial charge in [-0.25, -0.2) is 9.18 Å². The summed E-state index contributed by atoms with van der Waals surface area (Å²) in [6, 6.07) is 19.7. The molecular formula is C31H34F4N4O. The lowest BCUT2D eigenvalue weighted by atomic mass is 10.0. The van der Waals surface area contributed by atoms with Gasteiger partial charge in [0.2, 0.25) is 0 Å². The number of hydrogen-bond acceptors (Lipinski definition) is 3. The van der Waals surface area contributed by atoms with Crippen LogP contribution in [0, 0.1) is 5.82 Å². The van der Waals surface area contributed by atoms with E-state index in [-0.39, 0.29) is 11.7 Å². The largest absolute Gasteiger partial charge is 0.416 e. The van der Waals surface area contributed by atoms with E-state index in [0.717, 1.165) is 63.3 Å². The SMILES string of the molecule is O=C(Nc1cc(F)cc(C(F)(F)F)c1)N(Cc1ccccc1)C1CCN(Cc2ccc(N3CCCC3)cc2)CC1. The summed E-state index contributed by atoms with van der Waals surface area (Å²) in [5, 5.41) is 2.52. The van der Waals surface area contributed by atoms with Gasteiger partial charge in [0.1, 0.15) is 5.82 Å². The molecule has 40 heavy (non-hydrogen) atoms. The lowest BCUT2D eigenvalue weighted by Gasteiger charge is -2.38. The maximum Gasteiger partial charge on any atom is 0.416 e. The second kappa shape index (κ2) is 12.3. The van der Waals surface area contributed by atoms with Crippen LogP contribution in [0.4, 0.5) is 33.7 Å². The quantitative estimate of drug-likeness (QED) is 0.316. The predicted molar refractivity (Wildman–Crippen MR) is 149 cm³/mol. The highest BCUT2D eigenvalue weighted by molar-refractivity contribution is 5.89. The minimum absolute atomic E-state index is 0.107. The fourth-order valence-corrected chi connectivity index (χ4v) is 5.60. The number of carbonyl (C=O) groups excluding carboxylic acids is 1. The van der Waals surface area contributed by atoms with E-state index in [2.05, 4.69) is 39.4 Å². The Bertz CT molecular complexity index is 1270. The molecule has 2 aliphatic rings. The maximum atomic E-state index is 14.0. The summed E-state index contributed by atoms with van der Waals surface area (Å²) in [5.74, 6) is -1.05. The number of carbonyl (C=O) groups is 1. The molecule has 0 aliphatic carbocycles. The van der Waals surface area contributed by atoms with Crippen molar-refractivity contribution in [1.82, 2.24) is 9.80 Å². The van der Waals surface area contributed by atoms with Gasteiger partial charge in [-0.1, -0.05) is 42.5 Å². The van der Waals surface area contributed by atoms with Gasteiger partial charge in [-0.15, -0.1) is 0 Å². The number of halogens is 4. The molecule has 0 saturated carbocycles. The van der Waals surface area contributed by atoms with Crippen LogP contribution in [0.1, 0.15) is 42.4 Å². The lowest BCUT2D eigenvalue weighted by molar-refractivity contribution is -0.137. The minimum atomic E-state index is -4.72. The molecule has 0 aromatic heterocycles. The summed E-state index contributed by atoms with van der Waals surface area (Å²) in [6.07, 6.45) is -0.779. The smallest absolute Gasteiger partial charge is 0.372 e. The number of hydrogen-bond donors (Lipinski definition) is 1. The van der Waals surface area contributed by atoms with Crippen molar-refractivity contribution < 1.29 is 22.4 Å². The fraction of sp³-hybridized carbons (Fsp3) is 0.387. The molecule has 0 bridgehead atoms. The van der Waals surface area contributed by atoms with Gasteiger partial charge >= 0.3 is 12.2 Å². The molecule has 212 valence electrons. The second-order valence-corrected chi connectivity index (χ2v) is 10.6. The average Bonchev–Trinajstić information content (AvgIpc) is 3.48. The molecule has 2 fully saturated rings. The number of anilines is 2. The Morgan fingerprint density at radius 3 is 2.20 bits per heavy atom. The Labute approximate surface area is 232 Å². The first-order chi connectivity index (χ1) is 19.2. The predicted octanol–water partition coefficient (Wildman–Crippen LogP) is 7.14. The van der Waals surface area contributed by atoms with Gasteiger partial charge in [0.25, 0.3) is 0 Å². The van der Waals surface area contributed by atoms with E-state index in [1.807, 2.05) is 30.3 Å². The van der Waals surface area contributed by atoms with E-state index >= 15 is 0 Å². The molecule has 3 aromatic carbocycles. The summed E-state index contributed by atoms with van der Waals surface area (Å²) >= 11 is 0. The first-order valence-corrected chi connectivity index (χ1v) is 13.8. The topological polar surface area (TPSA) is 38.8 Å². The highest BCUT2D eigenvalue weighted by Crippen LogP contribution is 2.32. The Hall–Kier alpha value is -3.59. The highest BCUT2D eigenvalue weighted by Gasteiger charge is 2.32. The Kier molecular flexibility index (Phi) is 8.59. The van der Waals surface area contributed by atoms with Crippen LogP contribution in [-0.2, 0) is 19.3 Å². The molecule has 3 aromatic rings. The van der Waals surface area contributed by atoms with Crippen LogP contribution in [0.15, 0.2) is 72.8 Å². The van der Waals surface area contributed by atoms with Crippen molar-refractivity contribution in [3.8, 4) is 0 Å². The number of piperidine rings is 1. The van der Waals surface area contributed by atoms with E-state index < -0.39 is 23.6 Å². The van der Waals surface area contributed by atoms with Crippen LogP contribution in [0.3, 0.4) is 0 Å². The number of urea groups is 1. The normalized spacial score (nSPS) is 16.8. The van der Waals surface area contributed by atoms with Crippen molar-refractivity contribution in [1.29, 1.82) is 0 Å². The zero-order valence-corrected chi connectivity index (χ0v) is 22.3. The van der Waals surface area contributed by atoms with E-state index in [1.54, 1.807) is 4.90 Å². The molecule has 1 N–H and O–H groups in total. The van der Waals surface area contributed by atoms with E-state index in [9.17, 15) is 22.4 Å². The maximum absolute atomic E-state index is 14.0. The molecule has 2 amide bonds. The van der Waals surface area contributed by atoms with Gasteiger partial charge in [0.15, 0.2) is 0 Å². The third kappa shape index (κ3) is 7.13.